The highest BCUT2D eigenvalue weighted by Gasteiger charge is 2.11. The molecule has 4 nitrogen and oxygen atoms in total. The van der Waals surface area contributed by atoms with Gasteiger partial charge in [-0.2, -0.15) is 0 Å². The van der Waals surface area contributed by atoms with Gasteiger partial charge in [-0.1, -0.05) is 6.07 Å². The number of aromatic nitrogens is 2. The van der Waals surface area contributed by atoms with Crippen LogP contribution in [-0.4, -0.2) is 9.97 Å². The topological polar surface area (TPSA) is 51.0 Å². The highest BCUT2D eigenvalue weighted by atomic mass is 32.1. The number of rotatable bonds is 3. The Kier molecular flexibility index (Phi) is 3.05. The molecule has 3 heterocycles. The van der Waals surface area contributed by atoms with E-state index in [4.69, 9.17) is 4.42 Å². The first-order valence-electron chi connectivity index (χ1n) is 5.93. The lowest BCUT2D eigenvalue weighted by atomic mass is 10.2. The van der Waals surface area contributed by atoms with Crippen molar-refractivity contribution in [3.8, 4) is 11.3 Å². The number of anilines is 2. The third kappa shape index (κ3) is 2.51. The second-order valence-electron chi connectivity index (χ2n) is 4.20. The average Bonchev–Trinajstić information content (AvgIpc) is 2.97. The van der Waals surface area contributed by atoms with Crippen LogP contribution in [0.4, 0.5) is 10.9 Å². The van der Waals surface area contributed by atoms with Crippen LogP contribution < -0.4 is 5.32 Å². The normalized spacial score (nSPS) is 10.6. The summed E-state index contributed by atoms with van der Waals surface area (Å²) < 4.78 is 5.53. The fourth-order valence-corrected chi connectivity index (χ4v) is 2.60. The number of aryl methyl sites for hydroxylation is 2. The lowest BCUT2D eigenvalue weighted by Crippen LogP contribution is -1.91. The Bertz CT molecular complexity index is 688. The van der Waals surface area contributed by atoms with Gasteiger partial charge in [-0.15, -0.1) is 11.3 Å². The van der Waals surface area contributed by atoms with Crippen molar-refractivity contribution in [3.05, 3.63) is 47.4 Å². The zero-order valence-electron chi connectivity index (χ0n) is 10.7. The standard InChI is InChI=1S/C14H13N3OS/c1-9-7-11(10(2)18-9)12-8-19-14(16-12)17-13-5-3-4-6-15-13/h3-8H,1-2H3,(H,15,16,17). The highest BCUT2D eigenvalue weighted by molar-refractivity contribution is 7.14. The van der Waals surface area contributed by atoms with Crippen LogP contribution in [0, 0.1) is 13.8 Å². The van der Waals surface area contributed by atoms with E-state index in [1.165, 1.54) is 0 Å². The minimum absolute atomic E-state index is 0.795. The fourth-order valence-electron chi connectivity index (χ4n) is 1.89. The van der Waals surface area contributed by atoms with Crippen molar-refractivity contribution in [1.29, 1.82) is 0 Å². The largest absolute Gasteiger partial charge is 0.466 e. The number of thiazole rings is 1. The Morgan fingerprint density at radius 2 is 2.16 bits per heavy atom. The van der Waals surface area contributed by atoms with Crippen LogP contribution in [0.5, 0.6) is 0 Å². The number of pyridine rings is 1. The van der Waals surface area contributed by atoms with Crippen LogP contribution in [0.25, 0.3) is 11.3 Å². The van der Waals surface area contributed by atoms with Crippen molar-refractivity contribution < 1.29 is 4.42 Å². The van der Waals surface area contributed by atoms with Gasteiger partial charge < -0.3 is 9.73 Å². The summed E-state index contributed by atoms with van der Waals surface area (Å²) in [5, 5.41) is 6.03. The average molecular weight is 271 g/mol. The molecule has 0 saturated heterocycles. The van der Waals surface area contributed by atoms with E-state index in [9.17, 15) is 0 Å². The quantitative estimate of drug-likeness (QED) is 0.777. The predicted octanol–water partition coefficient (Wildman–Crippen LogP) is 4.16. The number of furan rings is 1. The maximum Gasteiger partial charge on any atom is 0.188 e. The molecule has 19 heavy (non-hydrogen) atoms. The van der Waals surface area contributed by atoms with Gasteiger partial charge in [-0.25, -0.2) is 9.97 Å². The molecule has 0 fully saturated rings. The molecule has 0 aliphatic carbocycles. The molecule has 0 spiro atoms. The molecule has 0 atom stereocenters. The minimum atomic E-state index is 0.795. The highest BCUT2D eigenvalue weighted by Crippen LogP contribution is 2.30. The number of hydrogen-bond donors (Lipinski definition) is 1. The summed E-state index contributed by atoms with van der Waals surface area (Å²) in [5.74, 6) is 2.59. The molecule has 0 radical (unpaired) electrons. The number of hydrogen-bond acceptors (Lipinski definition) is 5. The molecular formula is C14H13N3OS. The molecule has 0 aliphatic rings. The van der Waals surface area contributed by atoms with Crippen molar-refractivity contribution in [2.24, 2.45) is 0 Å². The first kappa shape index (κ1) is 11.9. The second-order valence-corrected chi connectivity index (χ2v) is 5.06. The first-order valence-corrected chi connectivity index (χ1v) is 6.81. The zero-order chi connectivity index (χ0) is 13.2. The molecule has 5 heteroatoms. The Morgan fingerprint density at radius 1 is 1.26 bits per heavy atom. The molecule has 1 N–H and O–H groups in total. The fraction of sp³-hybridized carbons (Fsp3) is 0.143. The zero-order valence-corrected chi connectivity index (χ0v) is 11.5. The van der Waals surface area contributed by atoms with E-state index in [-0.39, 0.29) is 0 Å². The van der Waals surface area contributed by atoms with Crippen LogP contribution in [0.15, 0.2) is 40.3 Å². The summed E-state index contributed by atoms with van der Waals surface area (Å²) in [6.07, 6.45) is 1.75. The summed E-state index contributed by atoms with van der Waals surface area (Å²) in [5.41, 5.74) is 1.97. The molecule has 3 rings (SSSR count). The summed E-state index contributed by atoms with van der Waals surface area (Å²) in [4.78, 5) is 8.77. The van der Waals surface area contributed by atoms with E-state index in [1.54, 1.807) is 17.5 Å². The number of nitrogens with one attached hydrogen (secondary N) is 1. The van der Waals surface area contributed by atoms with Crippen LogP contribution in [0.3, 0.4) is 0 Å². The van der Waals surface area contributed by atoms with E-state index < -0.39 is 0 Å². The first-order chi connectivity index (χ1) is 9.22. The molecule has 0 unspecified atom stereocenters. The van der Waals surface area contributed by atoms with Crippen LogP contribution >= 0.6 is 11.3 Å². The third-order valence-corrected chi connectivity index (χ3v) is 3.48. The van der Waals surface area contributed by atoms with Crippen molar-refractivity contribution in [2.45, 2.75) is 13.8 Å². The van der Waals surface area contributed by atoms with Gasteiger partial charge in [-0.3, -0.25) is 0 Å². The molecule has 0 saturated carbocycles. The Morgan fingerprint density at radius 3 is 2.84 bits per heavy atom. The lowest BCUT2D eigenvalue weighted by Gasteiger charge is -1.99. The van der Waals surface area contributed by atoms with Crippen molar-refractivity contribution in [1.82, 2.24) is 9.97 Å². The van der Waals surface area contributed by atoms with Gasteiger partial charge >= 0.3 is 0 Å². The van der Waals surface area contributed by atoms with Gasteiger partial charge in [0.1, 0.15) is 17.3 Å². The van der Waals surface area contributed by atoms with Gasteiger partial charge in [0.25, 0.3) is 0 Å². The smallest absolute Gasteiger partial charge is 0.188 e. The van der Waals surface area contributed by atoms with Gasteiger partial charge in [0.2, 0.25) is 0 Å². The molecule has 3 aromatic rings. The minimum Gasteiger partial charge on any atom is -0.466 e. The van der Waals surface area contributed by atoms with E-state index in [1.807, 2.05) is 43.5 Å². The van der Waals surface area contributed by atoms with Crippen LogP contribution in [0.2, 0.25) is 0 Å². The van der Waals surface area contributed by atoms with E-state index in [0.717, 1.165) is 33.7 Å². The molecule has 96 valence electrons. The summed E-state index contributed by atoms with van der Waals surface area (Å²) in [6, 6.07) is 7.74. The molecule has 3 aromatic heterocycles. The van der Waals surface area contributed by atoms with Crippen LogP contribution in [0.1, 0.15) is 11.5 Å². The van der Waals surface area contributed by atoms with E-state index >= 15 is 0 Å². The van der Waals surface area contributed by atoms with Crippen LogP contribution in [-0.2, 0) is 0 Å². The second kappa shape index (κ2) is 4.85. The van der Waals surface area contributed by atoms with Gasteiger partial charge in [0, 0.05) is 17.1 Å². The monoisotopic (exact) mass is 271 g/mol. The Labute approximate surface area is 115 Å². The third-order valence-electron chi connectivity index (χ3n) is 2.72. The SMILES string of the molecule is Cc1cc(-c2csc(Nc3ccccn3)n2)c(C)o1. The Balaban J connectivity index is 1.86. The maximum absolute atomic E-state index is 5.53. The summed E-state index contributed by atoms with van der Waals surface area (Å²) in [7, 11) is 0. The summed E-state index contributed by atoms with van der Waals surface area (Å²) >= 11 is 1.55. The van der Waals surface area contributed by atoms with Gasteiger partial charge in [-0.05, 0) is 32.0 Å². The lowest BCUT2D eigenvalue weighted by molar-refractivity contribution is 0.505. The molecule has 0 amide bonds. The maximum atomic E-state index is 5.53. The molecule has 0 bridgehead atoms. The number of nitrogens with zero attached hydrogens (tertiary/aromatic N) is 2. The van der Waals surface area contributed by atoms with E-state index in [2.05, 4.69) is 15.3 Å². The summed E-state index contributed by atoms with van der Waals surface area (Å²) in [6.45, 7) is 3.89. The molecule has 0 aromatic carbocycles. The van der Waals surface area contributed by atoms with Crippen molar-refractivity contribution >= 4 is 22.3 Å². The van der Waals surface area contributed by atoms with Gasteiger partial charge in [0.15, 0.2) is 5.13 Å². The van der Waals surface area contributed by atoms with Crippen molar-refractivity contribution in [2.75, 3.05) is 5.32 Å². The molecular weight excluding hydrogens is 258 g/mol. The van der Waals surface area contributed by atoms with Crippen molar-refractivity contribution in [3.63, 3.8) is 0 Å². The van der Waals surface area contributed by atoms with Gasteiger partial charge in [0.05, 0.1) is 5.69 Å². The predicted molar refractivity (Wildman–Crippen MR) is 76.8 cm³/mol. The molecule has 0 aliphatic heterocycles. The Hall–Kier alpha value is -2.14. The van der Waals surface area contributed by atoms with E-state index in [0.29, 0.717) is 0 Å².